The van der Waals surface area contributed by atoms with Crippen molar-refractivity contribution in [1.82, 2.24) is 19.9 Å². The van der Waals surface area contributed by atoms with E-state index < -0.39 is 0 Å². The van der Waals surface area contributed by atoms with E-state index in [4.69, 9.17) is 4.42 Å². The number of aromatic nitrogens is 3. The molecule has 30 heavy (non-hydrogen) atoms. The highest BCUT2D eigenvalue weighted by molar-refractivity contribution is 7.21. The lowest BCUT2D eigenvalue weighted by molar-refractivity contribution is 0.0924. The van der Waals surface area contributed by atoms with Crippen molar-refractivity contribution in [2.45, 2.75) is 13.1 Å². The molecule has 0 atom stereocenters. The second-order valence-electron chi connectivity index (χ2n) is 6.89. The smallest absolute Gasteiger partial charge is 0.287 e. The Balaban J connectivity index is 1.25. The molecule has 148 valence electrons. The average molecular weight is 414 g/mol. The highest BCUT2D eigenvalue weighted by Gasteiger charge is 2.15. The molecule has 0 aliphatic carbocycles. The molecular formula is C23H18N4O2S. The van der Waals surface area contributed by atoms with Crippen molar-refractivity contribution in [3.63, 3.8) is 0 Å². The van der Waals surface area contributed by atoms with Crippen LogP contribution in [0.15, 0.2) is 83.8 Å². The average Bonchev–Trinajstić information content (AvgIpc) is 3.52. The Bertz CT molecular complexity index is 1270. The first kappa shape index (κ1) is 18.3. The summed E-state index contributed by atoms with van der Waals surface area (Å²) < 4.78 is 8.86. The molecule has 5 rings (SSSR count). The number of rotatable bonds is 6. The minimum absolute atomic E-state index is 0.248. The van der Waals surface area contributed by atoms with E-state index in [2.05, 4.69) is 27.4 Å². The van der Waals surface area contributed by atoms with Crippen LogP contribution < -0.4 is 5.32 Å². The van der Waals surface area contributed by atoms with Crippen molar-refractivity contribution in [2.24, 2.45) is 0 Å². The monoisotopic (exact) mass is 414 g/mol. The minimum Gasteiger partial charge on any atom is -0.448 e. The van der Waals surface area contributed by atoms with E-state index in [0.717, 1.165) is 32.9 Å². The normalized spacial score (nSPS) is 11.1. The lowest BCUT2D eigenvalue weighted by atomic mass is 10.1. The molecule has 3 heterocycles. The third kappa shape index (κ3) is 3.88. The first-order valence-corrected chi connectivity index (χ1v) is 10.3. The molecule has 7 heteroatoms. The number of nitrogens with one attached hydrogen (secondary N) is 1. The van der Waals surface area contributed by atoms with Crippen molar-refractivity contribution in [3.05, 3.63) is 96.3 Å². The van der Waals surface area contributed by atoms with E-state index in [-0.39, 0.29) is 11.7 Å². The SMILES string of the molecule is O=C(NCc1cccc(Cn2ccnc2)c1)c1ccc(-c2nc3ccccc3s2)o1. The number of fused-ring (bicyclic) bond motifs is 1. The quantitative estimate of drug-likeness (QED) is 0.436. The number of thiazole rings is 1. The van der Waals surface area contributed by atoms with Gasteiger partial charge in [0.25, 0.3) is 5.91 Å². The van der Waals surface area contributed by atoms with Gasteiger partial charge in [-0.15, -0.1) is 11.3 Å². The highest BCUT2D eigenvalue weighted by atomic mass is 32.1. The maximum absolute atomic E-state index is 12.5. The van der Waals surface area contributed by atoms with Crippen molar-refractivity contribution >= 4 is 27.5 Å². The van der Waals surface area contributed by atoms with Gasteiger partial charge in [-0.25, -0.2) is 9.97 Å². The number of imidazole rings is 1. The molecule has 0 fully saturated rings. The summed E-state index contributed by atoms with van der Waals surface area (Å²) in [6.45, 7) is 1.17. The van der Waals surface area contributed by atoms with Crippen molar-refractivity contribution in [3.8, 4) is 10.8 Å². The Morgan fingerprint density at radius 1 is 1.07 bits per heavy atom. The van der Waals surface area contributed by atoms with E-state index in [9.17, 15) is 4.79 Å². The zero-order valence-electron chi connectivity index (χ0n) is 16.0. The van der Waals surface area contributed by atoms with Gasteiger partial charge in [0.15, 0.2) is 16.5 Å². The first-order chi connectivity index (χ1) is 14.7. The van der Waals surface area contributed by atoms with Crippen molar-refractivity contribution in [2.75, 3.05) is 0 Å². The summed E-state index contributed by atoms with van der Waals surface area (Å²) in [6, 6.07) is 19.5. The number of nitrogens with zero attached hydrogens (tertiary/aromatic N) is 3. The summed E-state index contributed by atoms with van der Waals surface area (Å²) in [7, 11) is 0. The Kier molecular flexibility index (Phi) is 4.86. The van der Waals surface area contributed by atoms with Crippen LogP contribution >= 0.6 is 11.3 Å². The predicted molar refractivity (Wildman–Crippen MR) is 116 cm³/mol. The number of furan rings is 1. The van der Waals surface area contributed by atoms with Gasteiger partial charge in [-0.3, -0.25) is 4.79 Å². The van der Waals surface area contributed by atoms with Crippen LogP contribution in [-0.4, -0.2) is 20.4 Å². The second kappa shape index (κ2) is 7.96. The van der Waals surface area contributed by atoms with E-state index in [1.165, 1.54) is 0 Å². The molecule has 0 spiro atoms. The van der Waals surface area contributed by atoms with Gasteiger partial charge in [0.2, 0.25) is 0 Å². The van der Waals surface area contributed by atoms with Crippen LogP contribution in [0.2, 0.25) is 0 Å². The zero-order chi connectivity index (χ0) is 20.3. The van der Waals surface area contributed by atoms with Crippen molar-refractivity contribution < 1.29 is 9.21 Å². The minimum atomic E-state index is -0.248. The van der Waals surface area contributed by atoms with Crippen molar-refractivity contribution in [1.29, 1.82) is 0 Å². The number of hydrogen-bond donors (Lipinski definition) is 1. The summed E-state index contributed by atoms with van der Waals surface area (Å²) in [5, 5.41) is 3.69. The fourth-order valence-electron chi connectivity index (χ4n) is 3.25. The third-order valence-corrected chi connectivity index (χ3v) is 5.75. The number of carbonyl (C=O) groups excluding carboxylic acids is 1. The predicted octanol–water partition coefficient (Wildman–Crippen LogP) is 4.73. The molecule has 0 unspecified atom stereocenters. The van der Waals surface area contributed by atoms with Crippen LogP contribution in [0.5, 0.6) is 0 Å². The molecule has 0 bridgehead atoms. The topological polar surface area (TPSA) is 73.0 Å². The largest absolute Gasteiger partial charge is 0.448 e. The van der Waals surface area contributed by atoms with Gasteiger partial charge in [0, 0.05) is 25.5 Å². The highest BCUT2D eigenvalue weighted by Crippen LogP contribution is 2.31. The van der Waals surface area contributed by atoms with Crippen LogP contribution in [0.25, 0.3) is 21.0 Å². The number of amides is 1. The van der Waals surface area contributed by atoms with E-state index in [0.29, 0.717) is 12.3 Å². The Hall–Kier alpha value is -3.71. The van der Waals surface area contributed by atoms with Gasteiger partial charge in [0.1, 0.15) is 0 Å². The number of hydrogen-bond acceptors (Lipinski definition) is 5. The molecule has 0 aliphatic rings. The van der Waals surface area contributed by atoms with E-state index >= 15 is 0 Å². The maximum Gasteiger partial charge on any atom is 0.287 e. The molecule has 5 aromatic rings. The van der Waals surface area contributed by atoms with Gasteiger partial charge >= 0.3 is 0 Å². The summed E-state index contributed by atoms with van der Waals surface area (Å²) in [4.78, 5) is 21.2. The summed E-state index contributed by atoms with van der Waals surface area (Å²) in [5.41, 5.74) is 3.10. The van der Waals surface area contributed by atoms with Crippen LogP contribution in [0.4, 0.5) is 0 Å². The molecule has 1 amide bonds. The van der Waals surface area contributed by atoms with Gasteiger partial charge in [0.05, 0.1) is 16.5 Å². The lowest BCUT2D eigenvalue weighted by Crippen LogP contribution is -2.22. The number of para-hydroxylation sites is 1. The Morgan fingerprint density at radius 2 is 1.97 bits per heavy atom. The third-order valence-electron chi connectivity index (χ3n) is 4.70. The standard InChI is InChI=1S/C23H18N4O2S/c28-22(25-13-16-4-3-5-17(12-16)14-27-11-10-24-15-27)19-8-9-20(29-19)23-26-18-6-1-2-7-21(18)30-23/h1-12,15H,13-14H2,(H,25,28). The summed E-state index contributed by atoms with van der Waals surface area (Å²) in [6.07, 6.45) is 5.47. The van der Waals surface area contributed by atoms with Gasteiger partial charge in [-0.05, 0) is 35.4 Å². The number of carbonyl (C=O) groups is 1. The lowest BCUT2D eigenvalue weighted by Gasteiger charge is -2.07. The molecule has 6 nitrogen and oxygen atoms in total. The van der Waals surface area contributed by atoms with Crippen LogP contribution in [-0.2, 0) is 13.1 Å². The Morgan fingerprint density at radius 3 is 2.83 bits per heavy atom. The van der Waals surface area contributed by atoms with Gasteiger partial charge < -0.3 is 14.3 Å². The first-order valence-electron chi connectivity index (χ1n) is 9.52. The fraction of sp³-hybridized carbons (Fsp3) is 0.0870. The van der Waals surface area contributed by atoms with Gasteiger partial charge in [-0.2, -0.15) is 0 Å². The zero-order valence-corrected chi connectivity index (χ0v) is 16.8. The van der Waals surface area contributed by atoms with Gasteiger partial charge in [-0.1, -0.05) is 36.4 Å². The Labute approximate surface area is 176 Å². The number of benzene rings is 2. The molecule has 0 radical (unpaired) electrons. The molecule has 0 saturated heterocycles. The summed E-state index contributed by atoms with van der Waals surface area (Å²) >= 11 is 1.55. The molecule has 0 saturated carbocycles. The van der Waals surface area contributed by atoms with E-state index in [1.807, 2.05) is 47.2 Å². The van der Waals surface area contributed by atoms with Crippen LogP contribution in [0, 0.1) is 0 Å². The molecule has 0 aliphatic heterocycles. The maximum atomic E-state index is 12.5. The van der Waals surface area contributed by atoms with E-state index in [1.54, 1.807) is 36.0 Å². The summed E-state index contributed by atoms with van der Waals surface area (Å²) in [5.74, 6) is 0.630. The second-order valence-corrected chi connectivity index (χ2v) is 7.92. The fourth-order valence-corrected chi connectivity index (χ4v) is 4.18. The van der Waals surface area contributed by atoms with Crippen LogP contribution in [0.1, 0.15) is 21.7 Å². The molecular weight excluding hydrogens is 396 g/mol. The van der Waals surface area contributed by atoms with Crippen LogP contribution in [0.3, 0.4) is 0 Å². The molecule has 3 aromatic heterocycles. The molecule has 2 aromatic carbocycles. The molecule has 1 N–H and O–H groups in total.